The van der Waals surface area contributed by atoms with Crippen LogP contribution < -0.4 is 0 Å². The summed E-state index contributed by atoms with van der Waals surface area (Å²) in [6, 6.07) is 12.8. The second-order valence-electron chi connectivity index (χ2n) is 6.94. The zero-order valence-electron chi connectivity index (χ0n) is 16.8. The zero-order valence-corrected chi connectivity index (χ0v) is 17.7. The number of ether oxygens (including phenoxy) is 1. The SMILES string of the molecule is CCc1ccc(C(=O)C(C)OC(=O)c2cc(-c3cccs3)nc3onc(C)c23)cc1. The third-order valence-electron chi connectivity index (χ3n) is 4.91. The lowest BCUT2D eigenvalue weighted by Gasteiger charge is -2.13. The summed E-state index contributed by atoms with van der Waals surface area (Å²) in [5.41, 5.74) is 3.32. The molecule has 1 aromatic carbocycles. The van der Waals surface area contributed by atoms with Gasteiger partial charge in [-0.3, -0.25) is 4.79 Å². The van der Waals surface area contributed by atoms with Crippen molar-refractivity contribution in [3.05, 3.63) is 70.2 Å². The maximum absolute atomic E-state index is 13.0. The smallest absolute Gasteiger partial charge is 0.339 e. The van der Waals surface area contributed by atoms with Gasteiger partial charge in [-0.05, 0) is 43.3 Å². The van der Waals surface area contributed by atoms with Gasteiger partial charge in [0.25, 0.3) is 5.71 Å². The highest BCUT2D eigenvalue weighted by atomic mass is 32.1. The molecule has 0 aliphatic carbocycles. The highest BCUT2D eigenvalue weighted by Crippen LogP contribution is 2.30. The fraction of sp³-hybridized carbons (Fsp3) is 0.217. The van der Waals surface area contributed by atoms with Crippen LogP contribution in [-0.4, -0.2) is 28.0 Å². The molecule has 1 atom stereocenters. The molecule has 0 radical (unpaired) electrons. The van der Waals surface area contributed by atoms with Crippen LogP contribution in [0.25, 0.3) is 21.7 Å². The molecule has 6 nitrogen and oxygen atoms in total. The largest absolute Gasteiger partial charge is 0.451 e. The predicted octanol–water partition coefficient (Wildman–Crippen LogP) is 5.25. The van der Waals surface area contributed by atoms with Crippen LogP contribution in [0, 0.1) is 6.92 Å². The third kappa shape index (κ3) is 3.76. The molecule has 0 aliphatic heterocycles. The van der Waals surface area contributed by atoms with Crippen LogP contribution in [0.1, 0.15) is 45.8 Å². The molecule has 7 heteroatoms. The summed E-state index contributed by atoms with van der Waals surface area (Å²) in [6.45, 7) is 5.36. The van der Waals surface area contributed by atoms with E-state index in [1.54, 1.807) is 32.0 Å². The molecule has 0 N–H and O–H groups in total. The van der Waals surface area contributed by atoms with Crippen LogP contribution >= 0.6 is 11.3 Å². The van der Waals surface area contributed by atoms with E-state index in [9.17, 15) is 9.59 Å². The molecule has 0 aliphatic rings. The van der Waals surface area contributed by atoms with E-state index in [0.29, 0.717) is 22.3 Å². The number of aromatic nitrogens is 2. The van der Waals surface area contributed by atoms with Crippen molar-refractivity contribution in [1.29, 1.82) is 0 Å². The molecule has 0 fully saturated rings. The van der Waals surface area contributed by atoms with Gasteiger partial charge in [-0.25, -0.2) is 9.78 Å². The summed E-state index contributed by atoms with van der Waals surface area (Å²) in [5.74, 6) is -0.866. The molecule has 3 heterocycles. The third-order valence-corrected chi connectivity index (χ3v) is 5.80. The Balaban J connectivity index is 1.63. The molecule has 30 heavy (non-hydrogen) atoms. The van der Waals surface area contributed by atoms with Crippen LogP contribution in [0.5, 0.6) is 0 Å². The molecular formula is C23H20N2O4S. The average Bonchev–Trinajstić information content (AvgIpc) is 3.43. The Morgan fingerprint density at radius 1 is 1.20 bits per heavy atom. The minimum atomic E-state index is -0.932. The summed E-state index contributed by atoms with van der Waals surface area (Å²) >= 11 is 1.50. The van der Waals surface area contributed by atoms with Crippen molar-refractivity contribution in [2.75, 3.05) is 0 Å². The predicted molar refractivity (Wildman–Crippen MR) is 115 cm³/mol. The highest BCUT2D eigenvalue weighted by molar-refractivity contribution is 7.13. The minimum absolute atomic E-state index is 0.253. The van der Waals surface area contributed by atoms with Crippen LogP contribution in [0.2, 0.25) is 0 Å². The second kappa shape index (κ2) is 8.20. The number of ketones is 1. The number of carbonyl (C=O) groups is 2. The van der Waals surface area contributed by atoms with Gasteiger partial charge in [0, 0.05) is 5.56 Å². The average molecular weight is 420 g/mol. The summed E-state index contributed by atoms with van der Waals surface area (Å²) in [6.07, 6.45) is -0.0413. The van der Waals surface area contributed by atoms with E-state index < -0.39 is 12.1 Å². The number of esters is 1. The number of pyridine rings is 1. The molecule has 4 aromatic rings. The van der Waals surface area contributed by atoms with Gasteiger partial charge < -0.3 is 9.26 Å². The van der Waals surface area contributed by atoms with Gasteiger partial charge in [0.05, 0.1) is 27.2 Å². The normalized spacial score (nSPS) is 12.1. The molecule has 0 saturated heterocycles. The van der Waals surface area contributed by atoms with E-state index in [0.717, 1.165) is 16.9 Å². The van der Waals surface area contributed by atoms with Gasteiger partial charge in [-0.2, -0.15) is 0 Å². The van der Waals surface area contributed by atoms with E-state index >= 15 is 0 Å². The standard InChI is InChI=1S/C23H20N2O4S/c1-4-15-7-9-16(10-8-15)21(26)14(3)28-23(27)17-12-18(19-6-5-11-30-19)24-22-20(17)13(2)25-29-22/h5-12,14H,4H2,1-3H3. The topological polar surface area (TPSA) is 82.3 Å². The van der Waals surface area contributed by atoms with Gasteiger partial charge in [-0.1, -0.05) is 42.4 Å². The number of aryl methyl sites for hydroxylation is 2. The fourth-order valence-electron chi connectivity index (χ4n) is 3.22. The number of thiophene rings is 1. The van der Waals surface area contributed by atoms with Crippen LogP contribution in [0.4, 0.5) is 0 Å². The highest BCUT2D eigenvalue weighted by Gasteiger charge is 2.25. The van der Waals surface area contributed by atoms with Crippen LogP contribution in [0.3, 0.4) is 0 Å². The van der Waals surface area contributed by atoms with Gasteiger partial charge in [0.15, 0.2) is 6.10 Å². The number of hydrogen-bond acceptors (Lipinski definition) is 7. The van der Waals surface area contributed by atoms with E-state index in [1.807, 2.05) is 36.6 Å². The van der Waals surface area contributed by atoms with Crippen molar-refractivity contribution in [3.8, 4) is 10.6 Å². The summed E-state index contributed by atoms with van der Waals surface area (Å²) < 4.78 is 10.8. The Morgan fingerprint density at radius 2 is 1.97 bits per heavy atom. The molecule has 0 saturated carbocycles. The zero-order chi connectivity index (χ0) is 21.3. The quantitative estimate of drug-likeness (QED) is 0.313. The lowest BCUT2D eigenvalue weighted by atomic mass is 10.0. The Bertz CT molecular complexity index is 1210. The summed E-state index contributed by atoms with van der Waals surface area (Å²) in [4.78, 5) is 31.1. The van der Waals surface area contributed by atoms with Gasteiger partial charge in [0.1, 0.15) is 0 Å². The van der Waals surface area contributed by atoms with Crippen molar-refractivity contribution in [2.45, 2.75) is 33.3 Å². The lowest BCUT2D eigenvalue weighted by molar-refractivity contribution is 0.0320. The molecule has 0 amide bonds. The van der Waals surface area contributed by atoms with E-state index in [4.69, 9.17) is 9.26 Å². The number of carbonyl (C=O) groups excluding carboxylic acids is 2. The number of rotatable bonds is 6. The first kappa shape index (κ1) is 20.0. The fourth-order valence-corrected chi connectivity index (χ4v) is 3.91. The number of hydrogen-bond donors (Lipinski definition) is 0. The van der Waals surface area contributed by atoms with Crippen molar-refractivity contribution in [3.63, 3.8) is 0 Å². The molecular weight excluding hydrogens is 400 g/mol. The number of Topliss-reactive ketones (excluding diaryl/α,β-unsaturated/α-hetero) is 1. The first-order chi connectivity index (χ1) is 14.5. The van der Waals surface area contributed by atoms with Gasteiger partial charge in [0.2, 0.25) is 5.78 Å². The second-order valence-corrected chi connectivity index (χ2v) is 7.89. The van der Waals surface area contributed by atoms with Crippen LogP contribution in [-0.2, 0) is 11.2 Å². The molecule has 152 valence electrons. The Hall–Kier alpha value is -3.32. The number of fused-ring (bicyclic) bond motifs is 1. The maximum Gasteiger partial charge on any atom is 0.339 e. The minimum Gasteiger partial charge on any atom is -0.451 e. The molecule has 4 rings (SSSR count). The van der Waals surface area contributed by atoms with Crippen molar-refractivity contribution in [1.82, 2.24) is 10.1 Å². The van der Waals surface area contributed by atoms with E-state index in [-0.39, 0.29) is 17.1 Å². The Labute approximate surface area is 177 Å². The Kier molecular flexibility index (Phi) is 5.46. The molecule has 0 bridgehead atoms. The van der Waals surface area contributed by atoms with Crippen molar-refractivity contribution >= 4 is 34.2 Å². The first-order valence-corrected chi connectivity index (χ1v) is 10.5. The molecule has 0 spiro atoms. The number of nitrogens with zero attached hydrogens (tertiary/aromatic N) is 2. The monoisotopic (exact) mass is 420 g/mol. The van der Waals surface area contributed by atoms with Crippen molar-refractivity contribution in [2.24, 2.45) is 0 Å². The van der Waals surface area contributed by atoms with E-state index in [2.05, 4.69) is 10.1 Å². The maximum atomic E-state index is 13.0. The van der Waals surface area contributed by atoms with Crippen LogP contribution in [0.15, 0.2) is 52.4 Å². The summed E-state index contributed by atoms with van der Waals surface area (Å²) in [7, 11) is 0. The first-order valence-electron chi connectivity index (χ1n) is 9.63. The van der Waals surface area contributed by atoms with Gasteiger partial charge in [-0.15, -0.1) is 11.3 Å². The Morgan fingerprint density at radius 3 is 2.63 bits per heavy atom. The lowest BCUT2D eigenvalue weighted by Crippen LogP contribution is -2.24. The van der Waals surface area contributed by atoms with Crippen molar-refractivity contribution < 1.29 is 18.8 Å². The van der Waals surface area contributed by atoms with E-state index in [1.165, 1.54) is 11.3 Å². The summed E-state index contributed by atoms with van der Waals surface area (Å²) in [5, 5.41) is 6.35. The van der Waals surface area contributed by atoms with Gasteiger partial charge >= 0.3 is 5.97 Å². The molecule has 1 unspecified atom stereocenters. The molecule has 3 aromatic heterocycles. The number of benzene rings is 1.